The van der Waals surface area contributed by atoms with E-state index >= 15 is 0 Å². The maximum absolute atomic E-state index is 4.00. The Hall–Kier alpha value is -0.600. The van der Waals surface area contributed by atoms with Gasteiger partial charge in [-0.2, -0.15) is 0 Å². The highest BCUT2D eigenvalue weighted by Gasteiger charge is 2.14. The smallest absolute Gasteiger partial charge is 0.0368 e. The largest absolute Gasteiger partial charge is 0.310 e. The van der Waals surface area contributed by atoms with Crippen LogP contribution in [-0.4, -0.2) is 6.54 Å². The Morgan fingerprint density at radius 2 is 2.19 bits per heavy atom. The van der Waals surface area contributed by atoms with Crippen LogP contribution in [0.25, 0.3) is 0 Å². The highest BCUT2D eigenvalue weighted by Crippen LogP contribution is 2.29. The number of rotatable bonds is 5. The Kier molecular flexibility index (Phi) is 5.23. The molecular formula is C14H20BrN. The third-order valence-electron chi connectivity index (χ3n) is 2.60. The van der Waals surface area contributed by atoms with Crippen LogP contribution in [0, 0.1) is 6.92 Å². The van der Waals surface area contributed by atoms with Gasteiger partial charge in [0, 0.05) is 10.5 Å². The lowest BCUT2D eigenvalue weighted by molar-refractivity contribution is 0.546. The van der Waals surface area contributed by atoms with Crippen molar-refractivity contribution in [2.24, 2.45) is 0 Å². The van der Waals surface area contributed by atoms with Gasteiger partial charge in [0.1, 0.15) is 0 Å². The van der Waals surface area contributed by atoms with E-state index in [4.69, 9.17) is 0 Å². The molecule has 1 atom stereocenters. The van der Waals surface area contributed by atoms with E-state index in [0.29, 0.717) is 6.04 Å². The van der Waals surface area contributed by atoms with Crippen LogP contribution in [0.5, 0.6) is 0 Å². The first kappa shape index (κ1) is 13.5. The summed E-state index contributed by atoms with van der Waals surface area (Å²) in [5, 5.41) is 3.51. The summed E-state index contributed by atoms with van der Waals surface area (Å²) in [6.45, 7) is 11.3. The molecule has 1 aromatic rings. The zero-order valence-corrected chi connectivity index (χ0v) is 11.9. The van der Waals surface area contributed by atoms with Crippen LogP contribution in [-0.2, 0) is 0 Å². The fourth-order valence-electron chi connectivity index (χ4n) is 1.83. The molecule has 0 spiro atoms. The first-order valence-corrected chi connectivity index (χ1v) is 6.48. The Morgan fingerprint density at radius 3 is 2.75 bits per heavy atom. The van der Waals surface area contributed by atoms with Crippen LogP contribution in [0.2, 0.25) is 0 Å². The van der Waals surface area contributed by atoms with Gasteiger partial charge in [0.2, 0.25) is 0 Å². The van der Waals surface area contributed by atoms with Gasteiger partial charge in [-0.3, -0.25) is 0 Å². The van der Waals surface area contributed by atoms with Crippen LogP contribution < -0.4 is 5.32 Å². The number of hydrogen-bond donors (Lipinski definition) is 1. The molecule has 0 saturated heterocycles. The molecule has 1 nitrogen and oxygen atoms in total. The summed E-state index contributed by atoms with van der Waals surface area (Å²) >= 11 is 3.67. The fraction of sp³-hybridized carbons (Fsp3) is 0.429. The average Bonchev–Trinajstić information content (AvgIpc) is 2.21. The third kappa shape index (κ3) is 3.46. The van der Waals surface area contributed by atoms with E-state index < -0.39 is 0 Å². The molecule has 0 aliphatic heterocycles. The average molecular weight is 282 g/mol. The minimum atomic E-state index is 0.358. The molecule has 1 rings (SSSR count). The Balaban J connectivity index is 3.00. The number of nitrogens with one attached hydrogen (secondary N) is 1. The predicted octanol–water partition coefficient (Wildman–Crippen LogP) is 4.37. The number of halogens is 1. The Labute approximate surface area is 107 Å². The summed E-state index contributed by atoms with van der Waals surface area (Å²) in [7, 11) is 0. The van der Waals surface area contributed by atoms with E-state index in [9.17, 15) is 0 Å². The van der Waals surface area contributed by atoms with Gasteiger partial charge in [0.25, 0.3) is 0 Å². The molecule has 1 unspecified atom stereocenters. The summed E-state index contributed by atoms with van der Waals surface area (Å²) in [6.07, 6.45) is 0.982. The van der Waals surface area contributed by atoms with E-state index in [0.717, 1.165) is 13.0 Å². The van der Waals surface area contributed by atoms with Crippen molar-refractivity contribution in [2.75, 3.05) is 6.54 Å². The first-order chi connectivity index (χ1) is 7.56. The SMILES string of the molecule is C=C(C)CC(NCC)c1cccc(C)c1Br. The molecule has 0 aromatic heterocycles. The van der Waals surface area contributed by atoms with Crippen molar-refractivity contribution >= 4 is 15.9 Å². The summed E-state index contributed by atoms with van der Waals surface area (Å²) in [6, 6.07) is 6.76. The second-order valence-corrected chi connectivity index (χ2v) is 5.04. The van der Waals surface area contributed by atoms with Gasteiger partial charge >= 0.3 is 0 Å². The van der Waals surface area contributed by atoms with Crippen LogP contribution >= 0.6 is 15.9 Å². The van der Waals surface area contributed by atoms with Crippen molar-refractivity contribution in [2.45, 2.75) is 33.2 Å². The van der Waals surface area contributed by atoms with Crippen molar-refractivity contribution in [1.82, 2.24) is 5.32 Å². The second-order valence-electron chi connectivity index (χ2n) is 4.25. The first-order valence-electron chi connectivity index (χ1n) is 5.69. The molecule has 0 saturated carbocycles. The van der Waals surface area contributed by atoms with Gasteiger partial charge in [-0.1, -0.05) is 46.6 Å². The van der Waals surface area contributed by atoms with E-state index in [1.807, 2.05) is 0 Å². The molecular weight excluding hydrogens is 262 g/mol. The fourth-order valence-corrected chi connectivity index (χ4v) is 2.37. The highest BCUT2D eigenvalue weighted by atomic mass is 79.9. The summed E-state index contributed by atoms with van der Waals surface area (Å²) < 4.78 is 1.21. The molecule has 0 fully saturated rings. The van der Waals surface area contributed by atoms with Crippen molar-refractivity contribution in [3.8, 4) is 0 Å². The minimum Gasteiger partial charge on any atom is -0.310 e. The zero-order chi connectivity index (χ0) is 12.1. The van der Waals surface area contributed by atoms with Crippen molar-refractivity contribution in [3.05, 3.63) is 46.0 Å². The molecule has 88 valence electrons. The molecule has 0 aliphatic rings. The second kappa shape index (κ2) is 6.21. The lowest BCUT2D eigenvalue weighted by Crippen LogP contribution is -2.21. The van der Waals surface area contributed by atoms with Gasteiger partial charge in [-0.15, -0.1) is 6.58 Å². The van der Waals surface area contributed by atoms with Gasteiger partial charge < -0.3 is 5.32 Å². The van der Waals surface area contributed by atoms with Gasteiger partial charge in [-0.05, 0) is 37.9 Å². The maximum Gasteiger partial charge on any atom is 0.0368 e. The molecule has 0 bridgehead atoms. The quantitative estimate of drug-likeness (QED) is 0.790. The lowest BCUT2D eigenvalue weighted by atomic mass is 9.99. The standard InChI is InChI=1S/C14H20BrN/c1-5-16-13(9-10(2)3)12-8-6-7-11(4)14(12)15/h6-8,13,16H,2,5,9H2,1,3-4H3. The highest BCUT2D eigenvalue weighted by molar-refractivity contribution is 9.10. The van der Waals surface area contributed by atoms with Gasteiger partial charge in [0.05, 0.1) is 0 Å². The summed E-state index contributed by atoms with van der Waals surface area (Å²) in [4.78, 5) is 0. The molecule has 0 radical (unpaired) electrons. The Bertz CT molecular complexity index is 371. The van der Waals surface area contributed by atoms with Crippen LogP contribution in [0.1, 0.15) is 37.4 Å². The summed E-state index contributed by atoms with van der Waals surface area (Å²) in [5.41, 5.74) is 3.81. The number of benzene rings is 1. The monoisotopic (exact) mass is 281 g/mol. The third-order valence-corrected chi connectivity index (χ3v) is 3.68. The maximum atomic E-state index is 4.00. The van der Waals surface area contributed by atoms with Crippen molar-refractivity contribution < 1.29 is 0 Å². The van der Waals surface area contributed by atoms with E-state index in [1.54, 1.807) is 0 Å². The molecule has 1 aromatic carbocycles. The number of hydrogen-bond acceptors (Lipinski definition) is 1. The molecule has 0 aliphatic carbocycles. The zero-order valence-electron chi connectivity index (χ0n) is 10.3. The summed E-state index contributed by atoms with van der Waals surface area (Å²) in [5.74, 6) is 0. The Morgan fingerprint density at radius 1 is 1.50 bits per heavy atom. The van der Waals surface area contributed by atoms with Crippen molar-refractivity contribution in [1.29, 1.82) is 0 Å². The number of aryl methyl sites for hydroxylation is 1. The van der Waals surface area contributed by atoms with Crippen LogP contribution in [0.3, 0.4) is 0 Å². The normalized spacial score (nSPS) is 12.5. The van der Waals surface area contributed by atoms with Crippen LogP contribution in [0.4, 0.5) is 0 Å². The minimum absolute atomic E-state index is 0.358. The molecule has 2 heteroatoms. The van der Waals surface area contributed by atoms with Crippen LogP contribution in [0.15, 0.2) is 34.8 Å². The predicted molar refractivity (Wildman–Crippen MR) is 74.7 cm³/mol. The van der Waals surface area contributed by atoms with E-state index in [2.05, 4.69) is 66.8 Å². The molecule has 0 heterocycles. The van der Waals surface area contributed by atoms with E-state index in [1.165, 1.54) is 21.2 Å². The van der Waals surface area contributed by atoms with Gasteiger partial charge in [0.15, 0.2) is 0 Å². The molecule has 1 N–H and O–H groups in total. The van der Waals surface area contributed by atoms with Gasteiger partial charge in [-0.25, -0.2) is 0 Å². The topological polar surface area (TPSA) is 12.0 Å². The molecule has 16 heavy (non-hydrogen) atoms. The van der Waals surface area contributed by atoms with E-state index in [-0.39, 0.29) is 0 Å². The van der Waals surface area contributed by atoms with Crippen molar-refractivity contribution in [3.63, 3.8) is 0 Å². The molecule has 0 amide bonds. The lowest BCUT2D eigenvalue weighted by Gasteiger charge is -2.20.